The molecule has 4 nitrogen and oxygen atoms in total. The Morgan fingerprint density at radius 3 is 2.63 bits per heavy atom. The van der Waals surface area contributed by atoms with Crippen LogP contribution >= 0.6 is 0 Å². The zero-order valence-corrected chi connectivity index (χ0v) is 10.5. The lowest BCUT2D eigenvalue weighted by atomic mass is 10.1. The van der Waals surface area contributed by atoms with Crippen LogP contribution < -0.4 is 0 Å². The van der Waals surface area contributed by atoms with Crippen molar-refractivity contribution in [2.45, 2.75) is 13.3 Å². The van der Waals surface area contributed by atoms with Gasteiger partial charge in [0, 0.05) is 0 Å². The second-order valence-electron chi connectivity index (χ2n) is 4.17. The van der Waals surface area contributed by atoms with Crippen LogP contribution in [0.5, 0.6) is 0 Å². The van der Waals surface area contributed by atoms with Crippen LogP contribution in [0.1, 0.15) is 12.5 Å². The van der Waals surface area contributed by atoms with Gasteiger partial charge in [-0.3, -0.25) is 4.79 Å². The molecular weight excluding hydrogens is 242 g/mol. The molecule has 0 radical (unpaired) electrons. The normalized spacial score (nSPS) is 16.4. The quantitative estimate of drug-likeness (QED) is 0.472. The van der Waals surface area contributed by atoms with E-state index >= 15 is 0 Å². The van der Waals surface area contributed by atoms with Gasteiger partial charge < -0.3 is 4.84 Å². The van der Waals surface area contributed by atoms with Gasteiger partial charge in [-0.15, -0.1) is 0 Å². The van der Waals surface area contributed by atoms with Gasteiger partial charge >= 0.3 is 5.97 Å². The summed E-state index contributed by atoms with van der Waals surface area (Å²) in [6, 6.07) is 9.29. The van der Waals surface area contributed by atoms with Crippen LogP contribution in [0.25, 0.3) is 0 Å². The predicted molar refractivity (Wildman–Crippen MR) is 71.6 cm³/mol. The number of carbonyl (C=O) groups excluding carboxylic acids is 2. The average molecular weight is 255 g/mol. The Kier molecular flexibility index (Phi) is 4.03. The van der Waals surface area contributed by atoms with Crippen LogP contribution in [0, 0.1) is 0 Å². The summed E-state index contributed by atoms with van der Waals surface area (Å²) in [7, 11) is 0. The first-order valence-corrected chi connectivity index (χ1v) is 5.87. The summed E-state index contributed by atoms with van der Waals surface area (Å²) in [4.78, 5) is 27.5. The molecule has 0 aromatic heterocycles. The largest absolute Gasteiger partial charge is 0.339 e. The summed E-state index contributed by atoms with van der Waals surface area (Å²) in [5.41, 5.74) is 2.04. The van der Waals surface area contributed by atoms with E-state index in [2.05, 4.69) is 5.16 Å². The van der Waals surface area contributed by atoms with Gasteiger partial charge in [-0.2, -0.15) is 0 Å². The van der Waals surface area contributed by atoms with Crippen molar-refractivity contribution in [2.24, 2.45) is 5.16 Å². The van der Waals surface area contributed by atoms with Gasteiger partial charge in [0.25, 0.3) is 0 Å². The predicted octanol–water partition coefficient (Wildman–Crippen LogP) is 2.21. The molecule has 2 rings (SSSR count). The van der Waals surface area contributed by atoms with Crippen molar-refractivity contribution in [3.63, 3.8) is 0 Å². The molecule has 0 aliphatic heterocycles. The third-order valence-corrected chi connectivity index (χ3v) is 2.61. The van der Waals surface area contributed by atoms with Gasteiger partial charge in [0.2, 0.25) is 0 Å². The SMILES string of the molecule is CC1=CC(=O)C=CC1=NOC(=O)Cc1ccccc1. The number of allylic oxidation sites excluding steroid dienone is 4. The lowest BCUT2D eigenvalue weighted by molar-refractivity contribution is -0.142. The van der Waals surface area contributed by atoms with Gasteiger partial charge in [-0.05, 0) is 36.3 Å². The van der Waals surface area contributed by atoms with Crippen molar-refractivity contribution in [1.29, 1.82) is 0 Å². The van der Waals surface area contributed by atoms with Crippen molar-refractivity contribution in [3.8, 4) is 0 Å². The molecule has 1 aromatic carbocycles. The zero-order chi connectivity index (χ0) is 13.7. The smallest absolute Gasteiger partial charge is 0.317 e. The minimum absolute atomic E-state index is 0.0907. The van der Waals surface area contributed by atoms with Crippen LogP contribution in [-0.4, -0.2) is 17.5 Å². The minimum atomic E-state index is -0.434. The van der Waals surface area contributed by atoms with E-state index in [0.29, 0.717) is 11.3 Å². The summed E-state index contributed by atoms with van der Waals surface area (Å²) in [5.74, 6) is -0.524. The number of nitrogens with zero attached hydrogens (tertiary/aromatic N) is 1. The topological polar surface area (TPSA) is 55.7 Å². The molecule has 0 atom stereocenters. The first-order valence-electron chi connectivity index (χ1n) is 5.87. The maximum Gasteiger partial charge on any atom is 0.339 e. The number of benzene rings is 1. The molecule has 0 N–H and O–H groups in total. The van der Waals surface area contributed by atoms with E-state index < -0.39 is 5.97 Å². The maximum atomic E-state index is 11.6. The summed E-state index contributed by atoms with van der Waals surface area (Å²) in [6.45, 7) is 1.74. The molecule has 0 fully saturated rings. The lowest BCUT2D eigenvalue weighted by Crippen LogP contribution is -2.09. The Morgan fingerprint density at radius 1 is 1.21 bits per heavy atom. The third-order valence-electron chi connectivity index (χ3n) is 2.61. The molecule has 0 amide bonds. The third kappa shape index (κ3) is 3.74. The van der Waals surface area contributed by atoms with Gasteiger partial charge in [0.1, 0.15) is 5.71 Å². The van der Waals surface area contributed by atoms with Gasteiger partial charge in [0.05, 0.1) is 6.42 Å². The molecule has 0 spiro atoms. The number of hydrogen-bond acceptors (Lipinski definition) is 4. The first-order chi connectivity index (χ1) is 9.15. The standard InChI is InChI=1S/C15H13NO3/c1-11-9-13(17)7-8-14(11)16-19-15(18)10-12-5-3-2-4-6-12/h2-9H,10H2,1H3. The van der Waals surface area contributed by atoms with E-state index in [4.69, 9.17) is 4.84 Å². The highest BCUT2D eigenvalue weighted by Crippen LogP contribution is 2.07. The van der Waals surface area contributed by atoms with Gasteiger partial charge in [-0.1, -0.05) is 35.5 Å². The molecule has 96 valence electrons. The maximum absolute atomic E-state index is 11.6. The molecule has 4 heteroatoms. The van der Waals surface area contributed by atoms with E-state index in [1.807, 2.05) is 30.3 Å². The molecule has 0 heterocycles. The Balaban J connectivity index is 1.95. The van der Waals surface area contributed by atoms with Gasteiger partial charge in [-0.25, -0.2) is 4.79 Å². The lowest BCUT2D eigenvalue weighted by Gasteiger charge is -2.05. The number of rotatable bonds is 3. The Morgan fingerprint density at radius 2 is 1.95 bits per heavy atom. The fourth-order valence-electron chi connectivity index (χ4n) is 1.63. The summed E-state index contributed by atoms with van der Waals surface area (Å²) >= 11 is 0. The molecular formula is C15H13NO3. The summed E-state index contributed by atoms with van der Waals surface area (Å²) < 4.78 is 0. The molecule has 1 aliphatic carbocycles. The molecule has 0 saturated heterocycles. The van der Waals surface area contributed by atoms with E-state index in [1.165, 1.54) is 18.2 Å². The first kappa shape index (κ1) is 13.0. The summed E-state index contributed by atoms with van der Waals surface area (Å²) in [5, 5.41) is 3.75. The van der Waals surface area contributed by atoms with Crippen LogP contribution in [0.2, 0.25) is 0 Å². The molecule has 0 unspecified atom stereocenters. The van der Waals surface area contributed by atoms with Crippen molar-refractivity contribution in [1.82, 2.24) is 0 Å². The Labute approximate surface area is 111 Å². The number of carbonyl (C=O) groups is 2. The van der Waals surface area contributed by atoms with Crippen molar-refractivity contribution < 1.29 is 14.4 Å². The highest BCUT2D eigenvalue weighted by atomic mass is 16.7. The fraction of sp³-hybridized carbons (Fsp3) is 0.133. The average Bonchev–Trinajstić information content (AvgIpc) is 2.39. The monoisotopic (exact) mass is 255 g/mol. The number of ketones is 1. The highest BCUT2D eigenvalue weighted by molar-refractivity contribution is 6.19. The minimum Gasteiger partial charge on any atom is -0.317 e. The number of oxime groups is 1. The fourth-order valence-corrected chi connectivity index (χ4v) is 1.63. The van der Waals surface area contributed by atoms with Crippen LogP contribution in [-0.2, 0) is 20.8 Å². The van der Waals surface area contributed by atoms with Crippen LogP contribution in [0.3, 0.4) is 0 Å². The second kappa shape index (κ2) is 5.91. The van der Waals surface area contributed by atoms with E-state index in [0.717, 1.165) is 5.56 Å². The van der Waals surface area contributed by atoms with Crippen molar-refractivity contribution in [2.75, 3.05) is 0 Å². The van der Waals surface area contributed by atoms with Crippen molar-refractivity contribution >= 4 is 17.5 Å². The van der Waals surface area contributed by atoms with E-state index in [1.54, 1.807) is 6.92 Å². The molecule has 19 heavy (non-hydrogen) atoms. The molecule has 0 bridgehead atoms. The Hall–Kier alpha value is -2.49. The van der Waals surface area contributed by atoms with Crippen LogP contribution in [0.15, 0.2) is 59.3 Å². The van der Waals surface area contributed by atoms with Crippen LogP contribution in [0.4, 0.5) is 0 Å². The molecule has 0 saturated carbocycles. The van der Waals surface area contributed by atoms with E-state index in [-0.39, 0.29) is 12.2 Å². The molecule has 1 aliphatic rings. The zero-order valence-electron chi connectivity index (χ0n) is 10.5. The van der Waals surface area contributed by atoms with Gasteiger partial charge in [0.15, 0.2) is 5.78 Å². The number of hydrogen-bond donors (Lipinski definition) is 0. The second-order valence-corrected chi connectivity index (χ2v) is 4.17. The van der Waals surface area contributed by atoms with Crippen molar-refractivity contribution in [3.05, 3.63) is 59.7 Å². The molecule has 1 aromatic rings. The van der Waals surface area contributed by atoms with E-state index in [9.17, 15) is 9.59 Å². The Bertz CT molecular complexity index is 583. The summed E-state index contributed by atoms with van der Waals surface area (Å²) in [6.07, 6.45) is 4.54. The highest BCUT2D eigenvalue weighted by Gasteiger charge is 2.09.